The molecule has 7 nitrogen and oxygen atoms in total. The van der Waals surface area contributed by atoms with Gasteiger partial charge in [0.2, 0.25) is 13.2 Å². The lowest BCUT2D eigenvalue weighted by Gasteiger charge is -2.20. The minimum absolute atomic E-state index is 0.0542. The van der Waals surface area contributed by atoms with Crippen LogP contribution in [0.1, 0.15) is 30.9 Å². The van der Waals surface area contributed by atoms with Crippen LogP contribution < -0.4 is 14.8 Å². The van der Waals surface area contributed by atoms with E-state index in [1.807, 2.05) is 6.07 Å². The molecule has 2 aliphatic rings. The van der Waals surface area contributed by atoms with Crippen molar-refractivity contribution >= 4 is 12.1 Å². The highest BCUT2D eigenvalue weighted by Crippen LogP contribution is 2.42. The number of aliphatic hydroxyl groups excluding tert-OH is 1. The summed E-state index contributed by atoms with van der Waals surface area (Å²) >= 11 is 0. The maximum Gasteiger partial charge on any atom is 0.231 e. The Balaban J connectivity index is 1.64. The summed E-state index contributed by atoms with van der Waals surface area (Å²) in [7, 11) is 0. The second-order valence-electron chi connectivity index (χ2n) is 7.15. The minimum Gasteiger partial charge on any atom is -0.505 e. The molecule has 0 saturated carbocycles. The van der Waals surface area contributed by atoms with Crippen LogP contribution in [0.25, 0.3) is 11.1 Å². The first-order valence-corrected chi connectivity index (χ1v) is 9.53. The van der Waals surface area contributed by atoms with Crippen molar-refractivity contribution in [3.63, 3.8) is 0 Å². The van der Waals surface area contributed by atoms with Crippen LogP contribution in [0.2, 0.25) is 0 Å². The van der Waals surface area contributed by atoms with E-state index in [0.29, 0.717) is 41.0 Å². The van der Waals surface area contributed by atoms with Crippen LogP contribution >= 0.6 is 0 Å². The summed E-state index contributed by atoms with van der Waals surface area (Å²) in [5.41, 5.74) is 2.14. The maximum absolute atomic E-state index is 11.0. The lowest BCUT2D eigenvalue weighted by Crippen LogP contribution is -2.22. The van der Waals surface area contributed by atoms with Crippen molar-refractivity contribution in [1.82, 2.24) is 4.90 Å². The molecule has 0 radical (unpaired) electrons. The fourth-order valence-corrected chi connectivity index (χ4v) is 3.78. The summed E-state index contributed by atoms with van der Waals surface area (Å²) in [6, 6.07) is 8.75. The van der Waals surface area contributed by atoms with Crippen LogP contribution in [0.15, 0.2) is 30.3 Å². The number of hydrogen-bond acceptors (Lipinski definition) is 6. The first-order chi connectivity index (χ1) is 13.7. The number of ether oxygens (including phenoxy) is 2. The van der Waals surface area contributed by atoms with E-state index in [1.165, 1.54) is 12.8 Å². The average Bonchev–Trinajstić information content (AvgIpc) is 3.39. The van der Waals surface area contributed by atoms with Crippen LogP contribution in [0.3, 0.4) is 0 Å². The Morgan fingerprint density at radius 3 is 2.71 bits per heavy atom. The van der Waals surface area contributed by atoms with E-state index >= 15 is 0 Å². The number of amides is 1. The van der Waals surface area contributed by atoms with E-state index in [9.17, 15) is 15.0 Å². The monoisotopic (exact) mass is 384 g/mol. The lowest BCUT2D eigenvalue weighted by molar-refractivity contribution is -0.105. The largest absolute Gasteiger partial charge is 0.505 e. The highest BCUT2D eigenvalue weighted by molar-refractivity contribution is 5.85. The van der Waals surface area contributed by atoms with E-state index in [4.69, 9.17) is 9.47 Å². The van der Waals surface area contributed by atoms with Gasteiger partial charge in [0, 0.05) is 12.1 Å². The number of anilines is 1. The number of nitrogens with zero attached hydrogens (tertiary/aromatic N) is 1. The summed E-state index contributed by atoms with van der Waals surface area (Å²) in [5, 5.41) is 23.9. The number of nitrogens with one attached hydrogen (secondary N) is 1. The molecule has 148 valence electrons. The number of phenolic OH excluding ortho intramolecular Hbond substituents is 1. The smallest absolute Gasteiger partial charge is 0.231 e. The molecule has 1 saturated heterocycles. The van der Waals surface area contributed by atoms with Gasteiger partial charge in [-0.05, 0) is 67.7 Å². The first kappa shape index (κ1) is 18.6. The molecule has 28 heavy (non-hydrogen) atoms. The van der Waals surface area contributed by atoms with Gasteiger partial charge in [-0.3, -0.25) is 4.79 Å². The van der Waals surface area contributed by atoms with Gasteiger partial charge in [-0.2, -0.15) is 0 Å². The number of carbonyl (C=O) groups excluding carboxylic acids is 1. The van der Waals surface area contributed by atoms with Crippen LogP contribution in [-0.2, 0) is 4.79 Å². The third-order valence-electron chi connectivity index (χ3n) is 5.33. The number of likely N-dealkylation sites (tertiary alicyclic amines) is 1. The van der Waals surface area contributed by atoms with Gasteiger partial charge in [0.05, 0.1) is 11.8 Å². The van der Waals surface area contributed by atoms with Crippen molar-refractivity contribution in [2.75, 3.05) is 31.7 Å². The number of fused-ring (bicyclic) bond motifs is 1. The summed E-state index contributed by atoms with van der Waals surface area (Å²) in [6.07, 6.45) is 2.82. The Hall–Kier alpha value is -2.77. The minimum atomic E-state index is -0.693. The molecule has 3 N–H and O–H groups in total. The van der Waals surface area contributed by atoms with Crippen LogP contribution in [0, 0.1) is 0 Å². The number of hydrogen-bond donors (Lipinski definition) is 3. The topological polar surface area (TPSA) is 91.3 Å². The van der Waals surface area contributed by atoms with Crippen molar-refractivity contribution in [3.8, 4) is 28.4 Å². The van der Waals surface area contributed by atoms with Crippen LogP contribution in [0.5, 0.6) is 17.2 Å². The molecule has 2 heterocycles. The van der Waals surface area contributed by atoms with Gasteiger partial charge in [-0.15, -0.1) is 0 Å². The summed E-state index contributed by atoms with van der Waals surface area (Å²) in [6.45, 7) is 3.13. The second kappa shape index (κ2) is 8.08. The van der Waals surface area contributed by atoms with E-state index in [-0.39, 0.29) is 18.2 Å². The zero-order chi connectivity index (χ0) is 19.5. The van der Waals surface area contributed by atoms with Crippen molar-refractivity contribution in [2.45, 2.75) is 25.4 Å². The molecule has 2 aromatic carbocycles. The van der Waals surface area contributed by atoms with E-state index in [2.05, 4.69) is 10.2 Å². The van der Waals surface area contributed by atoms with Crippen molar-refractivity contribution < 1.29 is 24.5 Å². The molecule has 0 aliphatic carbocycles. The Labute approximate surface area is 163 Å². The molecule has 2 aromatic rings. The second-order valence-corrected chi connectivity index (χ2v) is 7.15. The van der Waals surface area contributed by atoms with E-state index in [1.54, 1.807) is 24.3 Å². The number of phenols is 1. The van der Waals surface area contributed by atoms with Gasteiger partial charge in [-0.1, -0.05) is 6.07 Å². The third-order valence-corrected chi connectivity index (χ3v) is 5.33. The van der Waals surface area contributed by atoms with E-state index < -0.39 is 6.10 Å². The zero-order valence-corrected chi connectivity index (χ0v) is 15.6. The molecule has 1 atom stereocenters. The molecule has 0 spiro atoms. The number of aromatic hydroxyl groups is 1. The Kier molecular flexibility index (Phi) is 5.36. The molecular formula is C21H24N2O5. The Morgan fingerprint density at radius 1 is 1.14 bits per heavy atom. The van der Waals surface area contributed by atoms with Crippen LogP contribution in [-0.4, -0.2) is 48.0 Å². The van der Waals surface area contributed by atoms with Gasteiger partial charge >= 0.3 is 0 Å². The number of rotatable bonds is 7. The van der Waals surface area contributed by atoms with Crippen LogP contribution in [0.4, 0.5) is 5.69 Å². The molecule has 1 fully saturated rings. The number of benzene rings is 2. The standard InChI is InChI=1S/C21H24N2O5/c24-12-22-17-10-15(18(25)5-8-23-6-1-2-7-23)9-16(21(17)26)14-3-4-19-20(11-14)28-13-27-19/h3-4,9-12,18,25-26H,1-2,5-8,13H2,(H,22,24). The highest BCUT2D eigenvalue weighted by Gasteiger charge is 2.20. The summed E-state index contributed by atoms with van der Waals surface area (Å²) in [4.78, 5) is 13.3. The normalized spacial score (nSPS) is 16.9. The summed E-state index contributed by atoms with van der Waals surface area (Å²) < 4.78 is 10.8. The van der Waals surface area contributed by atoms with Gasteiger partial charge < -0.3 is 29.9 Å². The summed E-state index contributed by atoms with van der Waals surface area (Å²) in [5.74, 6) is 1.19. The molecule has 1 amide bonds. The SMILES string of the molecule is O=CNc1cc(C(O)CCN2CCCC2)cc(-c2ccc3c(c2)OCO3)c1O. The number of aliphatic hydroxyl groups is 1. The quantitative estimate of drug-likeness (QED) is 0.502. The molecule has 0 aromatic heterocycles. The Bertz CT molecular complexity index is 864. The Morgan fingerprint density at radius 2 is 1.93 bits per heavy atom. The predicted octanol–water partition coefficient (Wildman–Crippen LogP) is 2.88. The lowest BCUT2D eigenvalue weighted by atomic mass is 9.96. The highest BCUT2D eigenvalue weighted by atomic mass is 16.7. The maximum atomic E-state index is 11.0. The van der Waals surface area contributed by atoms with E-state index in [0.717, 1.165) is 19.6 Å². The van der Waals surface area contributed by atoms with Gasteiger partial charge in [0.1, 0.15) is 5.75 Å². The number of carbonyl (C=O) groups is 1. The average molecular weight is 384 g/mol. The van der Waals surface area contributed by atoms with Gasteiger partial charge in [0.15, 0.2) is 11.5 Å². The van der Waals surface area contributed by atoms with Gasteiger partial charge in [-0.25, -0.2) is 0 Å². The molecule has 7 heteroatoms. The molecule has 2 aliphatic heterocycles. The van der Waals surface area contributed by atoms with Crippen molar-refractivity contribution in [3.05, 3.63) is 35.9 Å². The predicted molar refractivity (Wildman–Crippen MR) is 105 cm³/mol. The zero-order valence-electron chi connectivity index (χ0n) is 15.6. The van der Waals surface area contributed by atoms with Gasteiger partial charge in [0.25, 0.3) is 0 Å². The molecular weight excluding hydrogens is 360 g/mol. The van der Waals surface area contributed by atoms with Crippen molar-refractivity contribution in [2.24, 2.45) is 0 Å². The van der Waals surface area contributed by atoms with Crippen molar-refractivity contribution in [1.29, 1.82) is 0 Å². The fraction of sp³-hybridized carbons (Fsp3) is 0.381. The molecule has 0 bridgehead atoms. The first-order valence-electron chi connectivity index (χ1n) is 9.53. The molecule has 4 rings (SSSR count). The fourth-order valence-electron chi connectivity index (χ4n) is 3.78. The third kappa shape index (κ3) is 3.76. The molecule has 1 unspecified atom stereocenters.